The molecule has 6 atom stereocenters. The van der Waals surface area contributed by atoms with Gasteiger partial charge in [-0.1, -0.05) is 0 Å². The molecule has 12 N–H and O–H groups in total. The number of hydrogen-bond donors (Lipinski definition) is 10. The summed E-state index contributed by atoms with van der Waals surface area (Å²) in [5, 5.41) is 43.1. The molecule has 328 valence electrons. The van der Waals surface area contributed by atoms with Gasteiger partial charge in [0, 0.05) is 37.2 Å². The molecule has 0 saturated heterocycles. The molecule has 0 aliphatic heterocycles. The van der Waals surface area contributed by atoms with E-state index in [-0.39, 0.29) is 35.7 Å². The highest BCUT2D eigenvalue weighted by atomic mass is 32.2. The van der Waals surface area contributed by atoms with Crippen LogP contribution < -0.4 is 32.7 Å². The number of thioether (sulfide) groups is 2. The predicted octanol–water partition coefficient (Wildman–Crippen LogP) is -2.10. The van der Waals surface area contributed by atoms with Gasteiger partial charge in [0.25, 0.3) is 0 Å². The average molecular weight is 889 g/mol. The van der Waals surface area contributed by atoms with E-state index in [0.717, 1.165) is 48.3 Å². The number of nitrogens with two attached hydrogens (primary N) is 2. The number of amides is 4. The van der Waals surface area contributed by atoms with Crippen LogP contribution in [0.3, 0.4) is 0 Å². The van der Waals surface area contributed by atoms with Crippen LogP contribution in [0.4, 0.5) is 8.78 Å². The molecule has 0 saturated carbocycles. The summed E-state index contributed by atoms with van der Waals surface area (Å²) in [6.07, 6.45) is 1.21. The summed E-state index contributed by atoms with van der Waals surface area (Å²) in [7, 11) is 0. The SMILES string of the molecule is N[C@H](CCC(=O)N[C@@H](CSC(CC(=O)CC(SC[C@H](NC(=O)CC[C@H](N)C(=O)O)C(=O)NCC(=O)O)c1cnc(F)cn1)c1cnc(F)cn1)C(=O)NCC(=O)O)C(=O)O. The Morgan fingerprint density at radius 1 is 0.600 bits per heavy atom. The van der Waals surface area contributed by atoms with Crippen molar-refractivity contribution in [1.29, 1.82) is 0 Å². The number of rotatable bonds is 28. The maximum atomic E-state index is 13.8. The first-order valence-electron chi connectivity index (χ1n) is 17.5. The van der Waals surface area contributed by atoms with Gasteiger partial charge in [0.05, 0.1) is 46.7 Å². The first kappa shape index (κ1) is 50.2. The molecular formula is C33H42F2N10O13S2. The number of halogens is 2. The number of Topliss-reactive ketones (excluding diaryl/α,β-unsaturated/α-hetero) is 1. The summed E-state index contributed by atoms with van der Waals surface area (Å²) in [4.78, 5) is 125. The Labute approximate surface area is 347 Å². The molecule has 4 amide bonds. The number of aliphatic carboxylic acids is 4. The molecule has 2 rings (SSSR count). The zero-order valence-corrected chi connectivity index (χ0v) is 33.0. The van der Waals surface area contributed by atoms with Crippen molar-refractivity contribution in [2.45, 2.75) is 73.2 Å². The summed E-state index contributed by atoms with van der Waals surface area (Å²) in [5.74, 6) is -12.3. The summed E-state index contributed by atoms with van der Waals surface area (Å²) in [6, 6.07) is -5.70. The summed E-state index contributed by atoms with van der Waals surface area (Å²) >= 11 is 1.71. The monoisotopic (exact) mass is 888 g/mol. The Morgan fingerprint density at radius 2 is 0.967 bits per heavy atom. The van der Waals surface area contributed by atoms with E-state index in [0.29, 0.717) is 0 Å². The normalized spacial score (nSPS) is 13.9. The van der Waals surface area contributed by atoms with Crippen molar-refractivity contribution in [2.24, 2.45) is 11.5 Å². The quantitative estimate of drug-likeness (QED) is 0.0437. The molecule has 23 nitrogen and oxygen atoms in total. The van der Waals surface area contributed by atoms with Crippen LogP contribution in [0.2, 0.25) is 0 Å². The topological polar surface area (TPSA) is 386 Å². The van der Waals surface area contributed by atoms with Crippen molar-refractivity contribution in [1.82, 2.24) is 41.2 Å². The van der Waals surface area contributed by atoms with Gasteiger partial charge in [0.2, 0.25) is 35.5 Å². The van der Waals surface area contributed by atoms with Crippen LogP contribution in [0, 0.1) is 11.9 Å². The molecule has 2 aromatic rings. The zero-order chi connectivity index (χ0) is 44.9. The number of nitrogens with one attached hydrogen (secondary N) is 4. The molecule has 0 aliphatic rings. The Kier molecular flexibility index (Phi) is 21.4. The first-order valence-corrected chi connectivity index (χ1v) is 19.6. The molecule has 0 aromatic carbocycles. The maximum Gasteiger partial charge on any atom is 0.322 e. The third-order valence-corrected chi connectivity index (χ3v) is 10.5. The van der Waals surface area contributed by atoms with E-state index >= 15 is 0 Å². The van der Waals surface area contributed by atoms with Crippen molar-refractivity contribution in [3.8, 4) is 0 Å². The molecule has 0 radical (unpaired) electrons. The minimum absolute atomic E-state index is 0.0319. The van der Waals surface area contributed by atoms with Crippen LogP contribution in [-0.4, -0.2) is 142 Å². The number of hydrogen-bond acceptors (Lipinski definition) is 17. The van der Waals surface area contributed by atoms with Gasteiger partial charge in [0.15, 0.2) is 0 Å². The lowest BCUT2D eigenvalue weighted by atomic mass is 10.1. The molecule has 0 fully saturated rings. The second kappa shape index (κ2) is 25.5. The van der Waals surface area contributed by atoms with Crippen molar-refractivity contribution in [2.75, 3.05) is 24.6 Å². The molecule has 60 heavy (non-hydrogen) atoms. The third-order valence-electron chi connectivity index (χ3n) is 7.82. The smallest absolute Gasteiger partial charge is 0.322 e. The molecule has 2 aromatic heterocycles. The Balaban J connectivity index is 2.36. The summed E-state index contributed by atoms with van der Waals surface area (Å²) < 4.78 is 27.6. The highest BCUT2D eigenvalue weighted by Gasteiger charge is 2.30. The van der Waals surface area contributed by atoms with Crippen LogP contribution in [0.1, 0.15) is 60.4 Å². The molecule has 0 bridgehead atoms. The van der Waals surface area contributed by atoms with Gasteiger partial charge in [-0.15, -0.1) is 23.5 Å². The van der Waals surface area contributed by atoms with E-state index in [9.17, 15) is 51.9 Å². The van der Waals surface area contributed by atoms with E-state index in [1.165, 1.54) is 0 Å². The van der Waals surface area contributed by atoms with Crippen molar-refractivity contribution < 1.29 is 72.4 Å². The minimum atomic E-state index is -1.45. The first-order chi connectivity index (χ1) is 28.2. The second-order valence-electron chi connectivity index (χ2n) is 12.5. The highest BCUT2D eigenvalue weighted by molar-refractivity contribution is 7.99. The van der Waals surface area contributed by atoms with E-state index in [4.69, 9.17) is 31.9 Å². The molecule has 0 spiro atoms. The van der Waals surface area contributed by atoms with Gasteiger partial charge >= 0.3 is 23.9 Å². The lowest BCUT2D eigenvalue weighted by molar-refractivity contribution is -0.140. The molecular weight excluding hydrogens is 847 g/mol. The fraction of sp³-hybridized carbons (Fsp3) is 0.485. The number of carboxylic acids is 4. The summed E-state index contributed by atoms with van der Waals surface area (Å²) in [5.41, 5.74) is 11.0. The molecule has 0 aliphatic carbocycles. The molecule has 2 heterocycles. The van der Waals surface area contributed by atoms with Crippen LogP contribution in [0.5, 0.6) is 0 Å². The number of aromatic nitrogens is 4. The fourth-order valence-electron chi connectivity index (χ4n) is 4.69. The van der Waals surface area contributed by atoms with E-state index in [1.54, 1.807) is 0 Å². The third kappa shape index (κ3) is 19.2. The van der Waals surface area contributed by atoms with Crippen molar-refractivity contribution in [3.63, 3.8) is 0 Å². The molecule has 2 unspecified atom stereocenters. The standard InChI is InChI=1S/C33H42F2N10O13S2/c34-24-9-38-18(7-40-24)22(59-13-20(30(53)42-11-28(49)50)44-26(47)3-1-16(36)32(55)56)5-15(46)6-23(19-8-41-25(35)10-39-19)60-14-21(31(54)43-12-29(51)52)45-27(48)4-2-17(37)33(57)58/h7-10,16-17,20-23H,1-6,11-14,36-37H2,(H,42,53)(H,43,54)(H,44,47)(H,45,48)(H,49,50)(H,51,52)(H,55,56)(H,57,58)/t16-,17+,20-,21-,22?,23?/m0/s1. The largest absolute Gasteiger partial charge is 0.480 e. The number of carbonyl (C=O) groups excluding carboxylic acids is 5. The Hall–Kier alpha value is -5.93. The molecule has 27 heteroatoms. The summed E-state index contributed by atoms with van der Waals surface area (Å²) in [6.45, 7) is -1.66. The van der Waals surface area contributed by atoms with Crippen molar-refractivity contribution in [3.05, 3.63) is 48.1 Å². The van der Waals surface area contributed by atoms with Gasteiger partial charge in [-0.05, 0) is 12.8 Å². The number of carboxylic acid groups (broad SMARTS) is 4. The highest BCUT2D eigenvalue weighted by Crippen LogP contribution is 2.36. The van der Waals surface area contributed by atoms with Crippen LogP contribution in [0.25, 0.3) is 0 Å². The van der Waals surface area contributed by atoms with E-state index < -0.39 is 139 Å². The zero-order valence-electron chi connectivity index (χ0n) is 31.3. The second-order valence-corrected chi connectivity index (χ2v) is 15.0. The van der Waals surface area contributed by atoms with Crippen LogP contribution in [0.15, 0.2) is 24.8 Å². The van der Waals surface area contributed by atoms with Gasteiger partial charge in [0.1, 0.15) is 43.0 Å². The van der Waals surface area contributed by atoms with Crippen molar-refractivity contribution >= 4 is 76.8 Å². The Bertz CT molecular complexity index is 1720. The maximum absolute atomic E-state index is 13.8. The average Bonchev–Trinajstić information content (AvgIpc) is 3.19. The van der Waals surface area contributed by atoms with Gasteiger partial charge in [-0.25, -0.2) is 9.97 Å². The fourth-order valence-corrected chi connectivity index (χ4v) is 7.20. The Morgan fingerprint density at radius 3 is 1.27 bits per heavy atom. The predicted molar refractivity (Wildman–Crippen MR) is 203 cm³/mol. The number of nitrogens with zero attached hydrogens (tertiary/aromatic N) is 4. The van der Waals surface area contributed by atoms with Gasteiger partial charge in [-0.3, -0.25) is 53.1 Å². The van der Waals surface area contributed by atoms with Crippen LogP contribution in [-0.2, 0) is 43.2 Å². The van der Waals surface area contributed by atoms with Gasteiger partial charge in [-0.2, -0.15) is 8.78 Å². The van der Waals surface area contributed by atoms with Gasteiger partial charge < -0.3 is 53.2 Å². The van der Waals surface area contributed by atoms with E-state index in [1.807, 2.05) is 0 Å². The lowest BCUT2D eigenvalue weighted by Crippen LogP contribution is -2.49. The number of carbonyl (C=O) groups is 9. The minimum Gasteiger partial charge on any atom is -0.480 e. The number of ketones is 1. The van der Waals surface area contributed by atoms with Crippen LogP contribution >= 0.6 is 23.5 Å². The van der Waals surface area contributed by atoms with E-state index in [2.05, 4.69) is 41.2 Å². The lowest BCUT2D eigenvalue weighted by Gasteiger charge is -2.23.